The van der Waals surface area contributed by atoms with Crippen molar-refractivity contribution in [3.8, 4) is 77.9 Å². The molecule has 0 radical (unpaired) electrons. The first-order valence-corrected chi connectivity index (χ1v) is 20.6. The number of anilines is 3. The number of hydrogen-bond acceptors (Lipinski definition) is 1. The molecule has 1 nitrogen and oxygen atoms in total. The van der Waals surface area contributed by atoms with Crippen LogP contribution in [0.5, 0.6) is 0 Å². The van der Waals surface area contributed by atoms with Gasteiger partial charge < -0.3 is 4.90 Å². The zero-order chi connectivity index (χ0) is 38.5. The zero-order valence-corrected chi connectivity index (χ0v) is 32.7. The first kappa shape index (κ1) is 33.2. The first-order chi connectivity index (χ1) is 28.5. The van der Waals surface area contributed by atoms with Gasteiger partial charge in [-0.05, 0) is 131 Å². The highest BCUT2D eigenvalue weighted by Gasteiger charge is 2.44. The predicted octanol–water partition coefficient (Wildman–Crippen LogP) is 15.6. The summed E-state index contributed by atoms with van der Waals surface area (Å²) in [6, 6.07) is 65.8. The molecule has 0 saturated carbocycles. The summed E-state index contributed by atoms with van der Waals surface area (Å²) in [7, 11) is 0. The van der Waals surface area contributed by atoms with Gasteiger partial charge in [-0.25, -0.2) is 0 Å². The van der Waals surface area contributed by atoms with E-state index in [2.05, 4.69) is 219 Å². The van der Waals surface area contributed by atoms with E-state index in [0.29, 0.717) is 11.8 Å². The lowest BCUT2D eigenvalue weighted by molar-refractivity contribution is 0.394. The lowest BCUT2D eigenvalue weighted by Gasteiger charge is -2.31. The molecule has 0 aliphatic heterocycles. The van der Waals surface area contributed by atoms with Crippen LogP contribution >= 0.6 is 0 Å². The lowest BCUT2D eigenvalue weighted by atomic mass is 9.74. The Hall–Kier alpha value is -6.96. The molecular formula is C57H41N. The molecule has 6 bridgehead atoms. The molecule has 2 unspecified atom stereocenters. The number of para-hydroxylation sites is 1. The van der Waals surface area contributed by atoms with Crippen LogP contribution in [0.4, 0.5) is 17.1 Å². The van der Waals surface area contributed by atoms with E-state index in [1.165, 1.54) is 94.7 Å². The summed E-state index contributed by atoms with van der Waals surface area (Å²) < 4.78 is 0. The molecule has 1 heteroatoms. The van der Waals surface area contributed by atoms with E-state index in [1.807, 2.05) is 0 Å². The van der Waals surface area contributed by atoms with Gasteiger partial charge in [0.2, 0.25) is 0 Å². The SMILES string of the molecule is CC1(C)c2cc(N(c3ccc(-c4ccc5c(c4)-c4c6cccc4-c4cccc-5c4-c4ccccc4-6)cc3)c3ccccc3-c3ccccc3)ccc2C2C=CC=CC21. The van der Waals surface area contributed by atoms with E-state index in [-0.39, 0.29) is 5.41 Å². The molecule has 2 atom stereocenters. The minimum atomic E-state index is 0.0137. The molecule has 8 aromatic carbocycles. The fourth-order valence-corrected chi connectivity index (χ4v) is 10.8. The van der Waals surface area contributed by atoms with Gasteiger partial charge in [0, 0.05) is 22.9 Å². The van der Waals surface area contributed by atoms with Crippen LogP contribution in [-0.2, 0) is 5.41 Å². The van der Waals surface area contributed by atoms with Crippen LogP contribution in [0.3, 0.4) is 0 Å². The Labute approximate surface area is 340 Å². The van der Waals surface area contributed by atoms with Gasteiger partial charge in [0.05, 0.1) is 5.69 Å². The predicted molar refractivity (Wildman–Crippen MR) is 244 cm³/mol. The number of hydrogen-bond donors (Lipinski definition) is 0. The van der Waals surface area contributed by atoms with E-state index in [4.69, 9.17) is 0 Å². The van der Waals surface area contributed by atoms with Crippen LogP contribution < -0.4 is 4.90 Å². The molecule has 0 saturated heterocycles. The van der Waals surface area contributed by atoms with Gasteiger partial charge in [0.25, 0.3) is 0 Å². The minimum Gasteiger partial charge on any atom is -0.310 e. The smallest absolute Gasteiger partial charge is 0.0540 e. The quantitative estimate of drug-likeness (QED) is 0.170. The number of nitrogens with zero attached hydrogens (tertiary/aromatic N) is 1. The van der Waals surface area contributed by atoms with Gasteiger partial charge in [-0.3, -0.25) is 0 Å². The largest absolute Gasteiger partial charge is 0.310 e. The third-order valence-electron chi connectivity index (χ3n) is 13.5. The third kappa shape index (κ3) is 4.77. The lowest BCUT2D eigenvalue weighted by Crippen LogP contribution is -2.24. The van der Waals surface area contributed by atoms with Crippen molar-refractivity contribution in [2.45, 2.75) is 25.2 Å². The van der Waals surface area contributed by atoms with Crippen LogP contribution in [0, 0.1) is 5.92 Å². The molecular weight excluding hydrogens is 699 g/mol. The van der Waals surface area contributed by atoms with Crippen LogP contribution in [0.2, 0.25) is 0 Å². The summed E-state index contributed by atoms with van der Waals surface area (Å²) in [5.74, 6) is 0.867. The highest BCUT2D eigenvalue weighted by atomic mass is 15.1. The minimum absolute atomic E-state index is 0.0137. The van der Waals surface area contributed by atoms with Crippen molar-refractivity contribution in [2.24, 2.45) is 5.92 Å². The number of allylic oxidation sites excluding steroid dienone is 4. The number of rotatable bonds is 5. The molecule has 0 heterocycles. The van der Waals surface area contributed by atoms with E-state index < -0.39 is 0 Å². The second kappa shape index (κ2) is 12.5. The van der Waals surface area contributed by atoms with Crippen LogP contribution in [0.25, 0.3) is 77.9 Å². The van der Waals surface area contributed by atoms with E-state index >= 15 is 0 Å². The van der Waals surface area contributed by atoms with E-state index in [0.717, 1.165) is 11.4 Å². The molecule has 0 spiro atoms. The Balaban J connectivity index is 1.00. The third-order valence-corrected chi connectivity index (χ3v) is 13.5. The fourth-order valence-electron chi connectivity index (χ4n) is 10.8. The van der Waals surface area contributed by atoms with Gasteiger partial charge in [0.15, 0.2) is 0 Å². The van der Waals surface area contributed by atoms with Crippen molar-refractivity contribution in [3.05, 3.63) is 211 Å². The topological polar surface area (TPSA) is 3.24 Å². The molecule has 4 aliphatic rings. The average molecular weight is 740 g/mol. The Morgan fingerprint density at radius 1 is 0.397 bits per heavy atom. The zero-order valence-electron chi connectivity index (χ0n) is 32.7. The maximum Gasteiger partial charge on any atom is 0.0540 e. The highest BCUT2D eigenvalue weighted by molar-refractivity contribution is 6.15. The van der Waals surface area contributed by atoms with Gasteiger partial charge in [-0.2, -0.15) is 0 Å². The normalized spacial score (nSPS) is 16.8. The summed E-state index contributed by atoms with van der Waals surface area (Å²) in [5.41, 5.74) is 24.3. The van der Waals surface area contributed by atoms with E-state index in [9.17, 15) is 0 Å². The van der Waals surface area contributed by atoms with Crippen molar-refractivity contribution < 1.29 is 0 Å². The Morgan fingerprint density at radius 2 is 0.966 bits per heavy atom. The Kier molecular flexibility index (Phi) is 7.17. The van der Waals surface area contributed by atoms with Crippen molar-refractivity contribution in [3.63, 3.8) is 0 Å². The molecule has 274 valence electrons. The second-order valence-corrected chi connectivity index (χ2v) is 16.8. The molecule has 8 aromatic rings. The molecule has 0 fully saturated rings. The van der Waals surface area contributed by atoms with Crippen molar-refractivity contribution in [2.75, 3.05) is 4.90 Å². The molecule has 12 rings (SSSR count). The summed E-state index contributed by atoms with van der Waals surface area (Å²) in [6.07, 6.45) is 9.24. The maximum atomic E-state index is 2.47. The van der Waals surface area contributed by atoms with E-state index in [1.54, 1.807) is 0 Å². The fraction of sp³-hybridized carbons (Fsp3) is 0.0877. The monoisotopic (exact) mass is 739 g/mol. The van der Waals surface area contributed by atoms with Gasteiger partial charge in [0.1, 0.15) is 0 Å². The van der Waals surface area contributed by atoms with Crippen LogP contribution in [0.15, 0.2) is 200 Å². The summed E-state index contributed by atoms with van der Waals surface area (Å²) in [4.78, 5) is 2.47. The van der Waals surface area contributed by atoms with Gasteiger partial charge in [-0.15, -0.1) is 0 Å². The summed E-state index contributed by atoms with van der Waals surface area (Å²) in [6.45, 7) is 4.84. The molecule has 58 heavy (non-hydrogen) atoms. The number of fused-ring (bicyclic) bond motifs is 7. The number of benzene rings is 8. The Bertz CT molecular complexity index is 3010. The second-order valence-electron chi connectivity index (χ2n) is 16.8. The standard InChI is InChI=1S/C57H41N/c1-57(2)52-24-10-8-18-44(52)45-33-31-40(35-53(45)57)58(54-25-11-9-16-41(54)37-14-4-3-5-15-37)39-29-26-36(27-30-39)38-28-32-43-48-21-13-22-49-50-23-12-20-47(56(50)51(43)34-38)42-17-6-7-19-46(42)55(48)49/h3-35,44,52H,1-2H3. The molecule has 0 N–H and O–H groups in total. The molecule has 0 amide bonds. The van der Waals surface area contributed by atoms with Crippen molar-refractivity contribution in [1.82, 2.24) is 0 Å². The molecule has 4 aliphatic carbocycles. The maximum absolute atomic E-state index is 2.47. The van der Waals surface area contributed by atoms with Crippen molar-refractivity contribution >= 4 is 17.1 Å². The van der Waals surface area contributed by atoms with Gasteiger partial charge in [-0.1, -0.05) is 178 Å². The average Bonchev–Trinajstić information content (AvgIpc) is 3.44. The highest BCUT2D eigenvalue weighted by Crippen LogP contribution is 2.58. The molecule has 0 aromatic heterocycles. The summed E-state index contributed by atoms with van der Waals surface area (Å²) >= 11 is 0. The van der Waals surface area contributed by atoms with Gasteiger partial charge >= 0.3 is 0 Å². The Morgan fingerprint density at radius 3 is 1.72 bits per heavy atom. The van der Waals surface area contributed by atoms with Crippen LogP contribution in [0.1, 0.15) is 30.9 Å². The first-order valence-electron chi connectivity index (χ1n) is 20.6. The summed E-state index contributed by atoms with van der Waals surface area (Å²) in [5, 5.41) is 0. The van der Waals surface area contributed by atoms with Crippen molar-refractivity contribution in [1.29, 1.82) is 0 Å². The van der Waals surface area contributed by atoms with Crippen LogP contribution in [-0.4, -0.2) is 0 Å².